The number of carbonyl (C=O) groups is 1. The summed E-state index contributed by atoms with van der Waals surface area (Å²) < 4.78 is 13.0. The van der Waals surface area contributed by atoms with E-state index in [1.807, 2.05) is 31.2 Å². The zero-order valence-electron chi connectivity index (χ0n) is 15.0. The van der Waals surface area contributed by atoms with E-state index in [1.165, 1.54) is 30.6 Å². The third-order valence-corrected chi connectivity index (χ3v) is 4.35. The molecule has 2 aromatic heterocycles. The first-order valence-electron chi connectivity index (χ1n) is 8.67. The van der Waals surface area contributed by atoms with Gasteiger partial charge in [-0.1, -0.05) is 12.1 Å². The van der Waals surface area contributed by atoms with Gasteiger partial charge in [-0.3, -0.25) is 4.79 Å². The number of aromatic amines is 1. The molecule has 0 aliphatic rings. The van der Waals surface area contributed by atoms with Crippen LogP contribution in [0.5, 0.6) is 0 Å². The largest absolute Gasteiger partial charge is 0.362 e. The molecule has 0 spiro atoms. The average Bonchev–Trinajstić information content (AvgIpc) is 3.19. The maximum Gasteiger partial charge on any atom is 0.255 e. The fourth-order valence-electron chi connectivity index (χ4n) is 2.82. The Morgan fingerprint density at radius 1 is 1.04 bits per heavy atom. The van der Waals surface area contributed by atoms with Gasteiger partial charge < -0.3 is 15.6 Å². The topological polar surface area (TPSA) is 95.6 Å². The first-order chi connectivity index (χ1) is 13.6. The van der Waals surface area contributed by atoms with Gasteiger partial charge in [0.15, 0.2) is 11.5 Å². The third-order valence-electron chi connectivity index (χ3n) is 4.35. The number of benzene rings is 2. The summed E-state index contributed by atoms with van der Waals surface area (Å²) in [6.45, 7) is 2.01. The second-order valence-corrected chi connectivity index (χ2v) is 6.27. The lowest BCUT2D eigenvalue weighted by atomic mass is 10.1. The van der Waals surface area contributed by atoms with Crippen LogP contribution in [-0.4, -0.2) is 25.8 Å². The summed E-state index contributed by atoms with van der Waals surface area (Å²) in [6, 6.07) is 12.9. The Labute approximate surface area is 160 Å². The van der Waals surface area contributed by atoms with Crippen molar-refractivity contribution in [1.29, 1.82) is 0 Å². The first kappa shape index (κ1) is 17.6. The van der Waals surface area contributed by atoms with E-state index in [4.69, 9.17) is 0 Å². The number of amides is 1. The lowest BCUT2D eigenvalue weighted by molar-refractivity contribution is 0.102. The molecule has 0 bridgehead atoms. The molecule has 2 aromatic carbocycles. The Balaban J connectivity index is 1.44. The minimum atomic E-state index is -0.376. The summed E-state index contributed by atoms with van der Waals surface area (Å²) >= 11 is 0. The SMILES string of the molecule is CC(Nc1ncnc2nc[nH]c12)c1ccc(NC(=O)c2ccc(F)cc2)cc1. The van der Waals surface area contributed by atoms with Gasteiger partial charge in [-0.15, -0.1) is 0 Å². The Bertz CT molecular complexity index is 1110. The zero-order chi connectivity index (χ0) is 19.5. The van der Waals surface area contributed by atoms with Gasteiger partial charge in [-0.05, 0) is 48.9 Å². The zero-order valence-corrected chi connectivity index (χ0v) is 15.0. The van der Waals surface area contributed by atoms with Gasteiger partial charge in [-0.2, -0.15) is 0 Å². The van der Waals surface area contributed by atoms with Crippen molar-refractivity contribution in [3.8, 4) is 0 Å². The number of fused-ring (bicyclic) bond motifs is 1. The van der Waals surface area contributed by atoms with Crippen molar-refractivity contribution in [2.24, 2.45) is 0 Å². The molecule has 4 aromatic rings. The van der Waals surface area contributed by atoms with Crippen molar-refractivity contribution in [3.63, 3.8) is 0 Å². The molecule has 8 heteroatoms. The number of nitrogens with one attached hydrogen (secondary N) is 3. The molecule has 1 unspecified atom stereocenters. The van der Waals surface area contributed by atoms with Crippen molar-refractivity contribution in [1.82, 2.24) is 19.9 Å². The monoisotopic (exact) mass is 376 g/mol. The van der Waals surface area contributed by atoms with Gasteiger partial charge in [0.05, 0.1) is 12.4 Å². The lowest BCUT2D eigenvalue weighted by Crippen LogP contribution is -2.12. The van der Waals surface area contributed by atoms with Gasteiger partial charge in [0.2, 0.25) is 0 Å². The quantitative estimate of drug-likeness (QED) is 0.491. The van der Waals surface area contributed by atoms with Crippen LogP contribution in [0.4, 0.5) is 15.9 Å². The average molecular weight is 376 g/mol. The summed E-state index contributed by atoms with van der Waals surface area (Å²) in [7, 11) is 0. The summed E-state index contributed by atoms with van der Waals surface area (Å²) in [6.07, 6.45) is 3.04. The van der Waals surface area contributed by atoms with Crippen LogP contribution >= 0.6 is 0 Å². The van der Waals surface area contributed by atoms with Crippen molar-refractivity contribution in [2.45, 2.75) is 13.0 Å². The van der Waals surface area contributed by atoms with Crippen LogP contribution in [0.2, 0.25) is 0 Å². The molecule has 0 saturated heterocycles. The molecule has 0 saturated carbocycles. The summed E-state index contributed by atoms with van der Waals surface area (Å²) in [5.74, 6) is 0.00344. The van der Waals surface area contributed by atoms with E-state index in [9.17, 15) is 9.18 Å². The van der Waals surface area contributed by atoms with E-state index >= 15 is 0 Å². The molecule has 0 aliphatic heterocycles. The molecule has 7 nitrogen and oxygen atoms in total. The van der Waals surface area contributed by atoms with Crippen LogP contribution in [-0.2, 0) is 0 Å². The highest BCUT2D eigenvalue weighted by Crippen LogP contribution is 2.23. The van der Waals surface area contributed by atoms with E-state index in [2.05, 4.69) is 30.6 Å². The second-order valence-electron chi connectivity index (χ2n) is 6.27. The summed E-state index contributed by atoms with van der Waals surface area (Å²) in [5.41, 5.74) is 3.42. The fourth-order valence-corrected chi connectivity index (χ4v) is 2.82. The molecule has 1 atom stereocenters. The number of H-pyrrole nitrogens is 1. The molecule has 0 fully saturated rings. The number of rotatable bonds is 5. The van der Waals surface area contributed by atoms with Crippen molar-refractivity contribution in [2.75, 3.05) is 10.6 Å². The minimum Gasteiger partial charge on any atom is -0.362 e. The lowest BCUT2D eigenvalue weighted by Gasteiger charge is -2.16. The van der Waals surface area contributed by atoms with E-state index in [0.717, 1.165) is 11.1 Å². The maximum absolute atomic E-state index is 13.0. The second kappa shape index (κ2) is 7.43. The number of anilines is 2. The minimum absolute atomic E-state index is 0.0248. The van der Waals surface area contributed by atoms with Crippen LogP contribution in [0.3, 0.4) is 0 Å². The predicted octanol–water partition coefficient (Wildman–Crippen LogP) is 3.92. The molecular formula is C20H17FN6O. The van der Waals surface area contributed by atoms with Crippen molar-refractivity contribution >= 4 is 28.6 Å². The highest BCUT2D eigenvalue weighted by atomic mass is 19.1. The molecular weight excluding hydrogens is 359 g/mol. The van der Waals surface area contributed by atoms with Gasteiger partial charge in [-0.25, -0.2) is 19.3 Å². The summed E-state index contributed by atoms with van der Waals surface area (Å²) in [5, 5.41) is 6.13. The molecule has 0 radical (unpaired) electrons. The number of aromatic nitrogens is 4. The molecule has 28 heavy (non-hydrogen) atoms. The number of halogens is 1. The summed E-state index contributed by atoms with van der Waals surface area (Å²) in [4.78, 5) is 27.7. The van der Waals surface area contributed by atoms with Crippen molar-refractivity contribution in [3.05, 3.63) is 78.1 Å². The van der Waals surface area contributed by atoms with Gasteiger partial charge >= 0.3 is 0 Å². The van der Waals surface area contributed by atoms with E-state index in [0.29, 0.717) is 22.7 Å². The third kappa shape index (κ3) is 3.66. The van der Waals surface area contributed by atoms with Crippen LogP contribution in [0.15, 0.2) is 61.2 Å². The Morgan fingerprint density at radius 3 is 2.54 bits per heavy atom. The number of imidazole rings is 1. The highest BCUT2D eigenvalue weighted by Gasteiger charge is 2.11. The van der Waals surface area contributed by atoms with Gasteiger partial charge in [0.1, 0.15) is 17.7 Å². The standard InChI is InChI=1S/C20H17FN6O/c1-12(26-19-17-18(23-10-22-17)24-11-25-19)13-4-8-16(9-5-13)27-20(28)14-2-6-15(21)7-3-14/h2-12H,1H3,(H,27,28)(H2,22,23,24,25,26). The number of hydrogen-bond acceptors (Lipinski definition) is 5. The van der Waals surface area contributed by atoms with Crippen LogP contribution in [0.25, 0.3) is 11.2 Å². The van der Waals surface area contributed by atoms with E-state index < -0.39 is 0 Å². The fraction of sp³-hybridized carbons (Fsp3) is 0.100. The van der Waals surface area contributed by atoms with Gasteiger partial charge in [0.25, 0.3) is 5.91 Å². The van der Waals surface area contributed by atoms with Crippen LogP contribution in [0.1, 0.15) is 28.9 Å². The van der Waals surface area contributed by atoms with Crippen molar-refractivity contribution < 1.29 is 9.18 Å². The number of hydrogen-bond donors (Lipinski definition) is 3. The molecule has 4 rings (SSSR count). The molecule has 3 N–H and O–H groups in total. The maximum atomic E-state index is 13.0. The highest BCUT2D eigenvalue weighted by molar-refractivity contribution is 6.04. The molecule has 2 heterocycles. The molecule has 1 amide bonds. The van der Waals surface area contributed by atoms with E-state index in [-0.39, 0.29) is 17.8 Å². The Morgan fingerprint density at radius 2 is 1.79 bits per heavy atom. The Hall–Kier alpha value is -3.81. The van der Waals surface area contributed by atoms with Crippen LogP contribution < -0.4 is 10.6 Å². The Kier molecular flexibility index (Phi) is 4.67. The molecule has 140 valence electrons. The van der Waals surface area contributed by atoms with Gasteiger partial charge in [0, 0.05) is 11.3 Å². The number of nitrogens with zero attached hydrogens (tertiary/aromatic N) is 3. The first-order valence-corrected chi connectivity index (χ1v) is 8.67. The molecule has 0 aliphatic carbocycles. The van der Waals surface area contributed by atoms with E-state index in [1.54, 1.807) is 6.33 Å². The van der Waals surface area contributed by atoms with Crippen LogP contribution in [0, 0.1) is 5.82 Å². The normalized spacial score (nSPS) is 11.9. The smallest absolute Gasteiger partial charge is 0.255 e. The number of carbonyl (C=O) groups excluding carboxylic acids is 1. The predicted molar refractivity (Wildman–Crippen MR) is 105 cm³/mol.